The lowest BCUT2D eigenvalue weighted by atomic mass is 10.1. The number of hydrogen-bond donors (Lipinski definition) is 3. The number of anilines is 1. The minimum absolute atomic E-state index is 0.104. The first kappa shape index (κ1) is 20.8. The van der Waals surface area contributed by atoms with Crippen LogP contribution in [-0.4, -0.2) is 23.8 Å². The van der Waals surface area contributed by atoms with Crippen molar-refractivity contribution in [1.82, 2.24) is 0 Å². The molecule has 0 radical (unpaired) electrons. The van der Waals surface area contributed by atoms with Gasteiger partial charge < -0.3 is 20.6 Å². The van der Waals surface area contributed by atoms with Crippen molar-refractivity contribution in [2.45, 2.75) is 45.1 Å². The number of carboxylic acid groups (broad SMARTS) is 1. The number of carbonyl (C=O) groups is 1. The minimum atomic E-state index is -0.949. The predicted octanol–water partition coefficient (Wildman–Crippen LogP) is 5.02. The van der Waals surface area contributed by atoms with Crippen LogP contribution in [0.3, 0.4) is 0 Å². The van der Waals surface area contributed by atoms with Gasteiger partial charge in [0.05, 0.1) is 0 Å². The summed E-state index contributed by atoms with van der Waals surface area (Å²) >= 11 is 0. The molecule has 1 aliphatic rings. The van der Waals surface area contributed by atoms with Gasteiger partial charge in [-0.25, -0.2) is 4.39 Å². The van der Waals surface area contributed by atoms with Gasteiger partial charge in [-0.15, -0.1) is 0 Å². The van der Waals surface area contributed by atoms with E-state index >= 15 is 0 Å². The number of hydrogen-bond acceptors (Lipinski definition) is 4. The zero-order valence-corrected chi connectivity index (χ0v) is 16.4. The second kappa shape index (κ2) is 10.0. The maximum Gasteiger partial charge on any atom is 0.303 e. The molecule has 0 aromatic heterocycles. The summed E-state index contributed by atoms with van der Waals surface area (Å²) in [5, 5.41) is 19.8. The fraction of sp³-hybridized carbons (Fsp3) is 0.391. The Hall–Kier alpha value is -2.89. The summed E-state index contributed by atoms with van der Waals surface area (Å²) in [4.78, 5) is 10.6. The molecule has 1 aliphatic carbocycles. The molecule has 1 fully saturated rings. The summed E-state index contributed by atoms with van der Waals surface area (Å²) in [6.07, 6.45) is 6.49. The zero-order chi connectivity index (χ0) is 20.6. The molecule has 0 unspecified atom stereocenters. The lowest BCUT2D eigenvalue weighted by molar-refractivity contribution is -0.136. The average Bonchev–Trinajstić information content (AvgIpc) is 3.23. The molecule has 2 aromatic rings. The Kier molecular flexibility index (Phi) is 7.22. The van der Waals surface area contributed by atoms with Crippen molar-refractivity contribution < 1.29 is 19.0 Å². The molecule has 0 bridgehead atoms. The van der Waals surface area contributed by atoms with E-state index in [-0.39, 0.29) is 19.4 Å². The number of halogens is 1. The van der Waals surface area contributed by atoms with E-state index < -0.39 is 11.8 Å². The van der Waals surface area contributed by atoms with Crippen LogP contribution in [0.2, 0.25) is 0 Å². The first-order valence-electron chi connectivity index (χ1n) is 10.1. The Labute approximate surface area is 170 Å². The van der Waals surface area contributed by atoms with Gasteiger partial charge in [-0.1, -0.05) is 31.0 Å². The van der Waals surface area contributed by atoms with E-state index in [1.807, 2.05) is 18.2 Å². The van der Waals surface area contributed by atoms with E-state index in [1.54, 1.807) is 12.1 Å². The lowest BCUT2D eigenvalue weighted by Crippen LogP contribution is -2.12. The van der Waals surface area contributed by atoms with Crippen molar-refractivity contribution in [3.8, 4) is 5.75 Å². The first-order valence-corrected chi connectivity index (χ1v) is 10.1. The molecule has 29 heavy (non-hydrogen) atoms. The molecule has 6 heteroatoms. The smallest absolute Gasteiger partial charge is 0.303 e. The maximum absolute atomic E-state index is 14.1. The monoisotopic (exact) mass is 398 g/mol. The average molecular weight is 398 g/mol. The molecular formula is C23H27FN2O3. The quantitative estimate of drug-likeness (QED) is 0.491. The van der Waals surface area contributed by atoms with Gasteiger partial charge in [0.2, 0.25) is 0 Å². The van der Waals surface area contributed by atoms with E-state index in [2.05, 4.69) is 5.32 Å². The molecule has 2 aromatic carbocycles. The molecule has 3 rings (SSSR count). The van der Waals surface area contributed by atoms with Crippen LogP contribution in [0.15, 0.2) is 36.4 Å². The number of nitrogens with one attached hydrogen (secondary N) is 2. The fourth-order valence-electron chi connectivity index (χ4n) is 3.67. The van der Waals surface area contributed by atoms with Gasteiger partial charge in [-0.2, -0.15) is 0 Å². The molecule has 0 amide bonds. The van der Waals surface area contributed by atoms with E-state index in [4.69, 9.17) is 15.3 Å². The van der Waals surface area contributed by atoms with Crippen molar-refractivity contribution >= 4 is 17.9 Å². The van der Waals surface area contributed by atoms with Crippen LogP contribution >= 0.6 is 0 Å². The molecule has 0 saturated heterocycles. The summed E-state index contributed by atoms with van der Waals surface area (Å²) in [6.45, 7) is 1.19. The van der Waals surface area contributed by atoms with Gasteiger partial charge >= 0.3 is 5.97 Å². The fourth-order valence-corrected chi connectivity index (χ4v) is 3.67. The standard InChI is InChI=1S/C23H27FN2O3/c24-21-12-20(9-7-18(21)8-10-23(27)28)29-15-17-5-6-19(13-25)22(11-17)26-14-16-3-1-2-4-16/h5-7,9,11-13,16,25-26H,1-4,8,10,14-15H2,(H,27,28). The Morgan fingerprint density at radius 2 is 2.03 bits per heavy atom. The van der Waals surface area contributed by atoms with E-state index in [0.29, 0.717) is 17.2 Å². The van der Waals surface area contributed by atoms with Crippen LogP contribution in [0.4, 0.5) is 10.1 Å². The molecule has 5 nitrogen and oxygen atoms in total. The molecule has 1 saturated carbocycles. The second-order valence-electron chi connectivity index (χ2n) is 7.53. The summed E-state index contributed by atoms with van der Waals surface area (Å²) in [5.74, 6) is -0.313. The SMILES string of the molecule is N=Cc1ccc(COc2ccc(CCC(=O)O)c(F)c2)cc1NCC1CCCC1. The van der Waals surface area contributed by atoms with Gasteiger partial charge in [0.1, 0.15) is 18.2 Å². The molecular weight excluding hydrogens is 371 g/mol. The highest BCUT2D eigenvalue weighted by atomic mass is 19.1. The van der Waals surface area contributed by atoms with Crippen LogP contribution in [0.1, 0.15) is 48.8 Å². The number of ether oxygens (including phenoxy) is 1. The number of aliphatic carboxylic acids is 1. The van der Waals surface area contributed by atoms with Crippen molar-refractivity contribution in [2.75, 3.05) is 11.9 Å². The maximum atomic E-state index is 14.1. The lowest BCUT2D eigenvalue weighted by Gasteiger charge is -2.15. The van der Waals surface area contributed by atoms with Gasteiger partial charge in [-0.3, -0.25) is 4.79 Å². The van der Waals surface area contributed by atoms with Crippen molar-refractivity contribution in [2.24, 2.45) is 5.92 Å². The number of rotatable bonds is 10. The predicted molar refractivity (Wildman–Crippen MR) is 111 cm³/mol. The molecule has 0 spiro atoms. The van der Waals surface area contributed by atoms with Crippen LogP contribution < -0.4 is 10.1 Å². The molecule has 3 N–H and O–H groups in total. The van der Waals surface area contributed by atoms with Gasteiger partial charge in [0, 0.05) is 36.5 Å². The largest absolute Gasteiger partial charge is 0.489 e. The van der Waals surface area contributed by atoms with Crippen LogP contribution in [0, 0.1) is 17.1 Å². The zero-order valence-electron chi connectivity index (χ0n) is 16.4. The third-order valence-electron chi connectivity index (χ3n) is 5.37. The summed E-state index contributed by atoms with van der Waals surface area (Å²) in [7, 11) is 0. The molecule has 0 heterocycles. The van der Waals surface area contributed by atoms with Crippen molar-refractivity contribution in [3.05, 3.63) is 58.9 Å². The topological polar surface area (TPSA) is 82.4 Å². The number of carboxylic acids is 1. The minimum Gasteiger partial charge on any atom is -0.489 e. The molecule has 0 atom stereocenters. The van der Waals surface area contributed by atoms with E-state index in [1.165, 1.54) is 38.0 Å². The third-order valence-corrected chi connectivity index (χ3v) is 5.37. The Morgan fingerprint density at radius 3 is 2.72 bits per heavy atom. The Morgan fingerprint density at radius 1 is 1.24 bits per heavy atom. The van der Waals surface area contributed by atoms with Crippen LogP contribution in [0.25, 0.3) is 0 Å². The van der Waals surface area contributed by atoms with E-state index in [0.717, 1.165) is 23.4 Å². The normalized spacial score (nSPS) is 14.0. The highest BCUT2D eigenvalue weighted by molar-refractivity contribution is 5.86. The number of benzene rings is 2. The van der Waals surface area contributed by atoms with Crippen molar-refractivity contribution in [3.63, 3.8) is 0 Å². The summed E-state index contributed by atoms with van der Waals surface area (Å²) in [6, 6.07) is 10.3. The Bertz CT molecular complexity index is 863. The third kappa shape index (κ3) is 6.04. The van der Waals surface area contributed by atoms with Crippen molar-refractivity contribution in [1.29, 1.82) is 5.41 Å². The van der Waals surface area contributed by atoms with Crippen LogP contribution in [-0.2, 0) is 17.8 Å². The number of aryl methyl sites for hydroxylation is 1. The highest BCUT2D eigenvalue weighted by Gasteiger charge is 2.15. The summed E-state index contributed by atoms with van der Waals surface area (Å²) in [5.41, 5.74) is 3.05. The Balaban J connectivity index is 1.60. The molecule has 0 aliphatic heterocycles. The van der Waals surface area contributed by atoms with Gasteiger partial charge in [-0.05, 0) is 48.4 Å². The highest BCUT2D eigenvalue weighted by Crippen LogP contribution is 2.26. The van der Waals surface area contributed by atoms with Gasteiger partial charge in [0.15, 0.2) is 0 Å². The first-order chi connectivity index (χ1) is 14.0. The van der Waals surface area contributed by atoms with Gasteiger partial charge in [0.25, 0.3) is 0 Å². The summed E-state index contributed by atoms with van der Waals surface area (Å²) < 4.78 is 19.8. The second-order valence-corrected chi connectivity index (χ2v) is 7.53. The van der Waals surface area contributed by atoms with E-state index in [9.17, 15) is 9.18 Å². The van der Waals surface area contributed by atoms with Crippen LogP contribution in [0.5, 0.6) is 5.75 Å². The molecule has 154 valence electrons.